The molecule has 0 N–H and O–H groups in total. The van der Waals surface area contributed by atoms with Crippen molar-refractivity contribution in [2.75, 3.05) is 20.6 Å². The zero-order chi connectivity index (χ0) is 13.7. The first kappa shape index (κ1) is 14.4. The van der Waals surface area contributed by atoms with Crippen molar-refractivity contribution >= 4 is 6.28 Å². The summed E-state index contributed by atoms with van der Waals surface area (Å²) in [6, 6.07) is 0. The Kier molecular flexibility index (Phi) is 3.11. The van der Waals surface area contributed by atoms with Crippen LogP contribution in [0.1, 0.15) is 6.92 Å². The number of likely N-dealkylation sites (N-methyl/N-ethyl adjacent to an activating group) is 1. The Bertz CT molecular complexity index is 326. The second-order valence-electron chi connectivity index (χ2n) is 5.30. The lowest BCUT2D eigenvalue weighted by Crippen LogP contribution is -2.80. The molecule has 1 aliphatic rings. The molecule has 1 nitrogen and oxygen atoms in total. The van der Waals surface area contributed by atoms with Crippen molar-refractivity contribution in [2.45, 2.75) is 25.4 Å². The maximum Gasteiger partial charge on any atom is 0.424 e. The molecule has 0 aliphatic carbocycles. The van der Waals surface area contributed by atoms with E-state index in [1.165, 1.54) is 0 Å². The summed E-state index contributed by atoms with van der Waals surface area (Å²) in [6.45, 7) is 1.31. The molecule has 0 atom stereocenters. The summed E-state index contributed by atoms with van der Waals surface area (Å²) >= 11 is 0. The fourth-order valence-corrected chi connectivity index (χ4v) is 2.77. The number of nitrogens with zero attached hydrogens (tertiary/aromatic N) is 1. The Labute approximate surface area is 95.6 Å². The molecule has 1 rings (SSSR count). The average Bonchev–Trinajstić information content (AvgIpc) is 1.95. The third-order valence-electron chi connectivity index (χ3n) is 3.74. The van der Waals surface area contributed by atoms with Gasteiger partial charge in [-0.15, -0.1) is 6.08 Å². The standard InChI is InChI=1S/C9H14BF6N/c1-7-4-5-10(8(11,12)13,9(14,15)16)17(2,3)6-7/h4H,5-6H2,1-3H3. The number of hydrogen-bond acceptors (Lipinski definition) is 0. The Hall–Kier alpha value is -0.655. The first-order valence-electron chi connectivity index (χ1n) is 5.14. The normalized spacial score (nSPS) is 24.4. The van der Waals surface area contributed by atoms with E-state index in [-0.39, 0.29) is 6.54 Å². The lowest BCUT2D eigenvalue weighted by atomic mass is 9.27. The van der Waals surface area contributed by atoms with Gasteiger partial charge in [0.1, 0.15) is 0 Å². The fourth-order valence-electron chi connectivity index (χ4n) is 2.77. The molecule has 1 aliphatic heterocycles. The van der Waals surface area contributed by atoms with E-state index in [9.17, 15) is 26.3 Å². The maximum atomic E-state index is 13.0. The summed E-state index contributed by atoms with van der Waals surface area (Å²) in [7, 11) is 2.00. The molecule has 17 heavy (non-hydrogen) atoms. The van der Waals surface area contributed by atoms with Crippen molar-refractivity contribution < 1.29 is 30.7 Å². The van der Waals surface area contributed by atoms with Gasteiger partial charge in [-0.2, -0.15) is 0 Å². The number of alkyl halides is 6. The van der Waals surface area contributed by atoms with Crippen LogP contribution in [0.15, 0.2) is 11.6 Å². The molecule has 0 aromatic heterocycles. The largest absolute Gasteiger partial charge is 0.504 e. The monoisotopic (exact) mass is 261 g/mol. The van der Waals surface area contributed by atoms with Gasteiger partial charge in [0.2, 0.25) is 0 Å². The highest BCUT2D eigenvalue weighted by Crippen LogP contribution is 2.50. The summed E-state index contributed by atoms with van der Waals surface area (Å²) in [4.78, 5) is 0. The molecule has 0 unspecified atom stereocenters. The van der Waals surface area contributed by atoms with Crippen molar-refractivity contribution in [2.24, 2.45) is 0 Å². The number of allylic oxidation sites excluding steroid dienone is 1. The van der Waals surface area contributed by atoms with E-state index in [0.29, 0.717) is 5.57 Å². The van der Waals surface area contributed by atoms with Gasteiger partial charge in [-0.3, -0.25) is 0 Å². The molecule has 8 heteroatoms. The molecule has 0 radical (unpaired) electrons. The minimum absolute atomic E-state index is 0.237. The summed E-state index contributed by atoms with van der Waals surface area (Å²) in [5.41, 5.74) is 0.556. The first-order chi connectivity index (χ1) is 7.35. The highest BCUT2D eigenvalue weighted by atomic mass is 19.4. The molecule has 0 bridgehead atoms. The van der Waals surface area contributed by atoms with E-state index in [1.807, 2.05) is 0 Å². The van der Waals surface area contributed by atoms with Crippen LogP contribution >= 0.6 is 0 Å². The Morgan fingerprint density at radius 1 is 1.06 bits per heavy atom. The van der Waals surface area contributed by atoms with E-state index in [4.69, 9.17) is 0 Å². The number of rotatable bonds is 0. The van der Waals surface area contributed by atoms with Gasteiger partial charge in [-0.1, -0.05) is 6.32 Å². The fraction of sp³-hybridized carbons (Fsp3) is 0.778. The molecule has 0 amide bonds. The van der Waals surface area contributed by atoms with Crippen LogP contribution in [0, 0.1) is 0 Å². The molecule has 0 fully saturated rings. The smallest absolute Gasteiger partial charge is 0.424 e. The Morgan fingerprint density at radius 2 is 1.47 bits per heavy atom. The van der Waals surface area contributed by atoms with E-state index >= 15 is 0 Å². The summed E-state index contributed by atoms with van der Waals surface area (Å²) in [5, 5.41) is 0. The lowest BCUT2D eigenvalue weighted by Gasteiger charge is -2.57. The van der Waals surface area contributed by atoms with Crippen LogP contribution < -0.4 is 0 Å². The second kappa shape index (κ2) is 3.67. The van der Waals surface area contributed by atoms with Crippen LogP contribution in [-0.4, -0.2) is 43.5 Å². The molecule has 0 aromatic rings. The Morgan fingerprint density at radius 3 is 1.76 bits per heavy atom. The third kappa shape index (κ3) is 1.96. The van der Waals surface area contributed by atoms with Gasteiger partial charge in [0.15, 0.2) is 0 Å². The number of quaternary nitrogens is 1. The minimum atomic E-state index is -5.26. The van der Waals surface area contributed by atoms with E-state index in [2.05, 4.69) is 0 Å². The van der Waals surface area contributed by atoms with Crippen LogP contribution in [0.4, 0.5) is 26.3 Å². The Balaban J connectivity index is 3.45. The SMILES string of the molecule is CC1=CC[B-](C(F)(F)F)(C(F)(F)F)[N+](C)(C)C1. The van der Waals surface area contributed by atoms with Crippen LogP contribution in [-0.2, 0) is 0 Å². The van der Waals surface area contributed by atoms with Crippen LogP contribution in [0.2, 0.25) is 6.32 Å². The minimum Gasteiger partial charge on any atom is -0.504 e. The van der Waals surface area contributed by atoms with Crippen LogP contribution in [0.5, 0.6) is 0 Å². The summed E-state index contributed by atoms with van der Waals surface area (Å²) in [6.07, 6.45) is -15.0. The van der Waals surface area contributed by atoms with Crippen molar-refractivity contribution in [3.8, 4) is 0 Å². The second-order valence-corrected chi connectivity index (χ2v) is 5.30. The number of hydrogen-bond donors (Lipinski definition) is 0. The molecule has 0 saturated heterocycles. The zero-order valence-electron chi connectivity index (χ0n) is 9.78. The molecular weight excluding hydrogens is 247 g/mol. The topological polar surface area (TPSA) is 0 Å². The molecule has 0 aromatic carbocycles. The molecule has 0 spiro atoms. The van der Waals surface area contributed by atoms with E-state index in [0.717, 1.165) is 20.2 Å². The van der Waals surface area contributed by atoms with Gasteiger partial charge in [0.25, 0.3) is 0 Å². The van der Waals surface area contributed by atoms with Gasteiger partial charge in [-0.25, -0.2) is 26.3 Å². The van der Waals surface area contributed by atoms with Gasteiger partial charge in [0, 0.05) is 14.1 Å². The van der Waals surface area contributed by atoms with Gasteiger partial charge < -0.3 is 4.39 Å². The van der Waals surface area contributed by atoms with Crippen molar-refractivity contribution in [1.82, 2.24) is 0 Å². The van der Waals surface area contributed by atoms with E-state index < -0.39 is 29.1 Å². The van der Waals surface area contributed by atoms with Gasteiger partial charge >= 0.3 is 18.4 Å². The van der Waals surface area contributed by atoms with Crippen molar-refractivity contribution in [1.29, 1.82) is 0 Å². The summed E-state index contributed by atoms with van der Waals surface area (Å²) < 4.78 is 76.8. The van der Waals surface area contributed by atoms with Crippen LogP contribution in [0.3, 0.4) is 0 Å². The zero-order valence-corrected chi connectivity index (χ0v) is 9.78. The highest BCUT2D eigenvalue weighted by molar-refractivity contribution is 6.77. The molecule has 1 heterocycles. The predicted molar refractivity (Wildman–Crippen MR) is 53.4 cm³/mol. The average molecular weight is 261 g/mol. The molecule has 100 valence electrons. The summed E-state index contributed by atoms with van der Waals surface area (Å²) in [5.74, 6) is 0. The maximum absolute atomic E-state index is 13.0. The van der Waals surface area contributed by atoms with Crippen molar-refractivity contribution in [3.63, 3.8) is 0 Å². The van der Waals surface area contributed by atoms with Gasteiger partial charge in [0.05, 0.1) is 6.54 Å². The molecular formula is C9H14BF6N. The first-order valence-corrected chi connectivity index (χ1v) is 5.14. The lowest BCUT2D eigenvalue weighted by molar-refractivity contribution is -0.798. The highest BCUT2D eigenvalue weighted by Gasteiger charge is 2.76. The number of halogens is 6. The quantitative estimate of drug-likeness (QED) is 0.357. The third-order valence-corrected chi connectivity index (χ3v) is 3.74. The predicted octanol–water partition coefficient (Wildman–Crippen LogP) is 3.17. The van der Waals surface area contributed by atoms with Crippen LogP contribution in [0.25, 0.3) is 0 Å². The van der Waals surface area contributed by atoms with Crippen molar-refractivity contribution in [3.05, 3.63) is 11.6 Å². The molecule has 0 saturated carbocycles. The van der Waals surface area contributed by atoms with E-state index in [1.54, 1.807) is 6.92 Å². The van der Waals surface area contributed by atoms with Gasteiger partial charge in [-0.05, 0) is 12.5 Å².